The van der Waals surface area contributed by atoms with Crippen molar-refractivity contribution in [1.29, 1.82) is 0 Å². The van der Waals surface area contributed by atoms with Gasteiger partial charge in [-0.15, -0.1) is 0 Å². The maximum absolute atomic E-state index is 13.3. The molecule has 1 aromatic carbocycles. The van der Waals surface area contributed by atoms with E-state index in [0.29, 0.717) is 13.1 Å². The SMILES string of the molecule is N[C@@H]1CCN(C(=O)Cc2cc(F)ccc2F)C1. The Morgan fingerprint density at radius 2 is 2.24 bits per heavy atom. The molecule has 1 saturated heterocycles. The molecule has 92 valence electrons. The van der Waals surface area contributed by atoms with E-state index in [4.69, 9.17) is 5.73 Å². The molecular formula is C12H14F2N2O. The molecule has 0 bridgehead atoms. The van der Waals surface area contributed by atoms with Crippen LogP contribution in [0.15, 0.2) is 18.2 Å². The number of carbonyl (C=O) groups excluding carboxylic acids is 1. The molecule has 0 spiro atoms. The summed E-state index contributed by atoms with van der Waals surface area (Å²) in [4.78, 5) is 13.4. The Morgan fingerprint density at radius 3 is 2.88 bits per heavy atom. The van der Waals surface area contributed by atoms with E-state index in [1.807, 2.05) is 0 Å². The van der Waals surface area contributed by atoms with E-state index < -0.39 is 11.6 Å². The molecule has 0 saturated carbocycles. The van der Waals surface area contributed by atoms with Crippen LogP contribution < -0.4 is 5.73 Å². The Hall–Kier alpha value is -1.49. The van der Waals surface area contributed by atoms with E-state index in [-0.39, 0.29) is 23.9 Å². The van der Waals surface area contributed by atoms with Crippen molar-refractivity contribution in [3.63, 3.8) is 0 Å². The van der Waals surface area contributed by atoms with Crippen LogP contribution in [0.5, 0.6) is 0 Å². The first-order valence-electron chi connectivity index (χ1n) is 5.53. The second-order valence-electron chi connectivity index (χ2n) is 4.30. The number of benzene rings is 1. The van der Waals surface area contributed by atoms with Crippen LogP contribution in [0, 0.1) is 11.6 Å². The summed E-state index contributed by atoms with van der Waals surface area (Å²) in [6.07, 6.45) is 0.647. The van der Waals surface area contributed by atoms with E-state index in [0.717, 1.165) is 24.6 Å². The molecule has 1 fully saturated rings. The van der Waals surface area contributed by atoms with Gasteiger partial charge in [-0.3, -0.25) is 4.79 Å². The van der Waals surface area contributed by atoms with Crippen molar-refractivity contribution in [1.82, 2.24) is 4.90 Å². The summed E-state index contributed by atoms with van der Waals surface area (Å²) in [5.41, 5.74) is 5.78. The normalized spacial score (nSPS) is 19.7. The number of nitrogens with two attached hydrogens (primary N) is 1. The van der Waals surface area contributed by atoms with Crippen molar-refractivity contribution in [2.45, 2.75) is 18.9 Å². The molecule has 1 aliphatic rings. The quantitative estimate of drug-likeness (QED) is 0.840. The van der Waals surface area contributed by atoms with Crippen LogP contribution in [0.1, 0.15) is 12.0 Å². The van der Waals surface area contributed by atoms with E-state index in [1.165, 1.54) is 0 Å². The minimum Gasteiger partial charge on any atom is -0.341 e. The fourth-order valence-electron chi connectivity index (χ4n) is 1.97. The molecule has 5 heteroatoms. The summed E-state index contributed by atoms with van der Waals surface area (Å²) in [7, 11) is 0. The lowest BCUT2D eigenvalue weighted by molar-refractivity contribution is -0.129. The lowest BCUT2D eigenvalue weighted by Crippen LogP contribution is -2.33. The maximum atomic E-state index is 13.3. The van der Waals surface area contributed by atoms with Crippen LogP contribution in [0.25, 0.3) is 0 Å². The third kappa shape index (κ3) is 2.79. The van der Waals surface area contributed by atoms with Gasteiger partial charge in [0, 0.05) is 24.7 Å². The highest BCUT2D eigenvalue weighted by atomic mass is 19.1. The summed E-state index contributed by atoms with van der Waals surface area (Å²) >= 11 is 0. The molecule has 2 rings (SSSR count). The Bertz CT molecular complexity index is 437. The Labute approximate surface area is 98.2 Å². The highest BCUT2D eigenvalue weighted by Gasteiger charge is 2.24. The van der Waals surface area contributed by atoms with Gasteiger partial charge in [0.1, 0.15) is 11.6 Å². The minimum absolute atomic E-state index is 0.00342. The van der Waals surface area contributed by atoms with Crippen LogP contribution >= 0.6 is 0 Å². The van der Waals surface area contributed by atoms with Gasteiger partial charge in [0.2, 0.25) is 5.91 Å². The van der Waals surface area contributed by atoms with Crippen LogP contribution in [0.2, 0.25) is 0 Å². The number of carbonyl (C=O) groups is 1. The fourth-order valence-corrected chi connectivity index (χ4v) is 1.97. The first kappa shape index (κ1) is 12.0. The zero-order chi connectivity index (χ0) is 12.4. The third-order valence-corrected chi connectivity index (χ3v) is 2.93. The molecule has 1 atom stereocenters. The molecular weight excluding hydrogens is 226 g/mol. The number of amides is 1. The van der Waals surface area contributed by atoms with E-state index >= 15 is 0 Å². The first-order valence-corrected chi connectivity index (χ1v) is 5.53. The van der Waals surface area contributed by atoms with Crippen LogP contribution in [-0.2, 0) is 11.2 Å². The molecule has 0 unspecified atom stereocenters. The highest BCUT2D eigenvalue weighted by Crippen LogP contribution is 2.14. The molecule has 17 heavy (non-hydrogen) atoms. The topological polar surface area (TPSA) is 46.3 Å². The largest absolute Gasteiger partial charge is 0.341 e. The smallest absolute Gasteiger partial charge is 0.227 e. The van der Waals surface area contributed by atoms with Gasteiger partial charge in [-0.25, -0.2) is 8.78 Å². The molecule has 0 radical (unpaired) electrons. The van der Waals surface area contributed by atoms with Gasteiger partial charge in [-0.05, 0) is 24.6 Å². The van der Waals surface area contributed by atoms with Gasteiger partial charge in [-0.1, -0.05) is 0 Å². The number of hydrogen-bond donors (Lipinski definition) is 1. The summed E-state index contributed by atoms with van der Waals surface area (Å²) in [5, 5.41) is 0. The number of rotatable bonds is 2. The third-order valence-electron chi connectivity index (χ3n) is 2.93. The first-order chi connectivity index (χ1) is 8.06. The van der Waals surface area contributed by atoms with Crippen LogP contribution in [0.4, 0.5) is 8.78 Å². The standard InChI is InChI=1S/C12H14F2N2O/c13-9-1-2-11(14)8(5-9)6-12(17)16-4-3-10(15)7-16/h1-2,5,10H,3-4,6-7,15H2/t10-/m1/s1. The van der Waals surface area contributed by atoms with E-state index in [9.17, 15) is 13.6 Å². The number of likely N-dealkylation sites (tertiary alicyclic amines) is 1. The Balaban J connectivity index is 2.05. The molecule has 1 aromatic rings. The summed E-state index contributed by atoms with van der Waals surface area (Å²) < 4.78 is 26.3. The number of halogens is 2. The van der Waals surface area contributed by atoms with Crippen LogP contribution in [-0.4, -0.2) is 29.9 Å². The van der Waals surface area contributed by atoms with Crippen molar-refractivity contribution < 1.29 is 13.6 Å². The average Bonchev–Trinajstić information content (AvgIpc) is 2.70. The molecule has 1 aliphatic heterocycles. The second kappa shape index (κ2) is 4.79. The zero-order valence-electron chi connectivity index (χ0n) is 9.33. The predicted octanol–water partition coefficient (Wildman–Crippen LogP) is 1.07. The van der Waals surface area contributed by atoms with E-state index in [1.54, 1.807) is 4.90 Å². The molecule has 2 N–H and O–H groups in total. The molecule has 1 amide bonds. The second-order valence-corrected chi connectivity index (χ2v) is 4.30. The molecule has 3 nitrogen and oxygen atoms in total. The van der Waals surface area contributed by atoms with Crippen molar-refractivity contribution in [2.75, 3.05) is 13.1 Å². The van der Waals surface area contributed by atoms with Gasteiger partial charge in [0.05, 0.1) is 6.42 Å². The van der Waals surface area contributed by atoms with Crippen molar-refractivity contribution in [3.05, 3.63) is 35.4 Å². The van der Waals surface area contributed by atoms with Crippen molar-refractivity contribution in [2.24, 2.45) is 5.73 Å². The highest BCUT2D eigenvalue weighted by molar-refractivity contribution is 5.79. The van der Waals surface area contributed by atoms with Gasteiger partial charge in [-0.2, -0.15) is 0 Å². The predicted molar refractivity (Wildman–Crippen MR) is 59.2 cm³/mol. The summed E-state index contributed by atoms with van der Waals surface area (Å²) in [6.45, 7) is 1.09. The van der Waals surface area contributed by atoms with Gasteiger partial charge >= 0.3 is 0 Å². The Kier molecular flexibility index (Phi) is 3.38. The lowest BCUT2D eigenvalue weighted by atomic mass is 10.1. The summed E-state index contributed by atoms with van der Waals surface area (Å²) in [6, 6.07) is 3.13. The van der Waals surface area contributed by atoms with Gasteiger partial charge in [0.15, 0.2) is 0 Å². The zero-order valence-corrected chi connectivity index (χ0v) is 9.33. The molecule has 0 aromatic heterocycles. The van der Waals surface area contributed by atoms with Crippen molar-refractivity contribution in [3.8, 4) is 0 Å². The molecule has 1 heterocycles. The van der Waals surface area contributed by atoms with Crippen LogP contribution in [0.3, 0.4) is 0 Å². The average molecular weight is 240 g/mol. The summed E-state index contributed by atoms with van der Waals surface area (Å²) in [5.74, 6) is -1.29. The minimum atomic E-state index is -0.553. The maximum Gasteiger partial charge on any atom is 0.227 e. The monoisotopic (exact) mass is 240 g/mol. The Morgan fingerprint density at radius 1 is 1.47 bits per heavy atom. The number of hydrogen-bond acceptors (Lipinski definition) is 2. The number of nitrogens with zero attached hydrogens (tertiary/aromatic N) is 1. The molecule has 0 aliphatic carbocycles. The fraction of sp³-hybridized carbons (Fsp3) is 0.417. The van der Waals surface area contributed by atoms with Crippen molar-refractivity contribution >= 4 is 5.91 Å². The lowest BCUT2D eigenvalue weighted by Gasteiger charge is -2.15. The van der Waals surface area contributed by atoms with E-state index in [2.05, 4.69) is 0 Å². The van der Waals surface area contributed by atoms with Gasteiger partial charge < -0.3 is 10.6 Å². The van der Waals surface area contributed by atoms with Gasteiger partial charge in [0.25, 0.3) is 0 Å².